The molecule has 1 aliphatic carbocycles. The van der Waals surface area contributed by atoms with Gasteiger partial charge in [0.05, 0.1) is 6.42 Å². The van der Waals surface area contributed by atoms with Crippen molar-refractivity contribution in [1.29, 1.82) is 0 Å². The minimum Gasteiger partial charge on any atom is -0.481 e. The summed E-state index contributed by atoms with van der Waals surface area (Å²) < 4.78 is 4.95. The Morgan fingerprint density at radius 3 is 2.80 bits per heavy atom. The van der Waals surface area contributed by atoms with E-state index in [1.807, 2.05) is 0 Å². The van der Waals surface area contributed by atoms with Crippen LogP contribution in [0.15, 0.2) is 10.9 Å². The first kappa shape index (κ1) is 10.1. The highest BCUT2D eigenvalue weighted by molar-refractivity contribution is 5.67. The molecule has 1 saturated carbocycles. The largest absolute Gasteiger partial charge is 0.481 e. The summed E-state index contributed by atoms with van der Waals surface area (Å²) in [5, 5.41) is 12.4. The van der Waals surface area contributed by atoms with Crippen molar-refractivity contribution in [3.8, 4) is 0 Å². The van der Waals surface area contributed by atoms with Gasteiger partial charge in [-0.15, -0.1) is 0 Å². The van der Waals surface area contributed by atoms with Crippen LogP contribution in [0.4, 0.5) is 0 Å². The van der Waals surface area contributed by atoms with Crippen LogP contribution in [0.3, 0.4) is 0 Å². The van der Waals surface area contributed by atoms with Gasteiger partial charge in [0.1, 0.15) is 0 Å². The Morgan fingerprint density at radius 1 is 1.53 bits per heavy atom. The van der Waals surface area contributed by atoms with Crippen LogP contribution in [0.25, 0.3) is 0 Å². The molecule has 1 heterocycles. The van der Waals surface area contributed by atoms with E-state index in [0.29, 0.717) is 12.3 Å². The number of hydrogen-bond acceptors (Lipinski definition) is 4. The second-order valence-corrected chi connectivity index (χ2v) is 4.29. The highest BCUT2D eigenvalue weighted by atomic mass is 16.5. The van der Waals surface area contributed by atoms with Gasteiger partial charge in [0.2, 0.25) is 5.89 Å². The molecule has 0 radical (unpaired) electrons. The Balaban J connectivity index is 2.09. The maximum absolute atomic E-state index is 10.8. The molecule has 5 heteroatoms. The number of aromatic nitrogens is 2. The molecule has 1 aromatic rings. The number of hydrogen-bond donors (Lipinski definition) is 1. The van der Waals surface area contributed by atoms with Gasteiger partial charge in [0.15, 0.2) is 6.33 Å². The Labute approximate surface area is 87.5 Å². The summed E-state index contributed by atoms with van der Waals surface area (Å²) in [4.78, 5) is 14.8. The van der Waals surface area contributed by atoms with E-state index in [1.165, 1.54) is 6.33 Å². The van der Waals surface area contributed by atoms with Gasteiger partial charge < -0.3 is 9.63 Å². The van der Waals surface area contributed by atoms with Crippen LogP contribution in [0.2, 0.25) is 0 Å². The summed E-state index contributed by atoms with van der Waals surface area (Å²) in [5.74, 6) is -0.186. The maximum Gasteiger partial charge on any atom is 0.303 e. The van der Waals surface area contributed by atoms with Gasteiger partial charge in [-0.25, -0.2) is 0 Å². The highest BCUT2D eigenvalue weighted by Crippen LogP contribution is 2.43. The summed E-state index contributed by atoms with van der Waals surface area (Å²) >= 11 is 0. The van der Waals surface area contributed by atoms with Gasteiger partial charge in [-0.2, -0.15) is 4.98 Å². The Bertz CT molecular complexity index is 328. The fraction of sp³-hybridized carbons (Fsp3) is 0.700. The molecular weight excluding hydrogens is 196 g/mol. The van der Waals surface area contributed by atoms with Crippen LogP contribution in [-0.2, 0) is 11.2 Å². The summed E-state index contributed by atoms with van der Waals surface area (Å²) in [6.07, 6.45) is 6.25. The Kier molecular flexibility index (Phi) is 2.70. The third-order valence-electron chi connectivity index (χ3n) is 3.12. The lowest BCUT2D eigenvalue weighted by molar-refractivity contribution is -0.139. The molecule has 0 saturated heterocycles. The molecule has 0 amide bonds. The van der Waals surface area contributed by atoms with E-state index in [2.05, 4.69) is 10.1 Å². The number of nitrogens with zero attached hydrogens (tertiary/aromatic N) is 2. The molecule has 0 unspecified atom stereocenters. The van der Waals surface area contributed by atoms with Crippen molar-refractivity contribution in [3.63, 3.8) is 0 Å². The lowest BCUT2D eigenvalue weighted by Gasteiger charge is -2.24. The van der Waals surface area contributed by atoms with Gasteiger partial charge in [-0.1, -0.05) is 18.0 Å². The van der Waals surface area contributed by atoms with E-state index in [-0.39, 0.29) is 11.8 Å². The quantitative estimate of drug-likeness (QED) is 0.817. The molecule has 1 aliphatic rings. The molecule has 1 aromatic heterocycles. The minimum absolute atomic E-state index is 0.154. The van der Waals surface area contributed by atoms with Crippen LogP contribution < -0.4 is 0 Å². The third-order valence-corrected chi connectivity index (χ3v) is 3.12. The minimum atomic E-state index is -0.739. The average molecular weight is 210 g/mol. The molecule has 0 aromatic carbocycles. The summed E-state index contributed by atoms with van der Waals surface area (Å²) in [6, 6.07) is 0. The number of carboxylic acids is 1. The van der Waals surface area contributed by atoms with Gasteiger partial charge >= 0.3 is 5.97 Å². The molecule has 1 N–H and O–H groups in total. The molecule has 2 rings (SSSR count). The van der Waals surface area contributed by atoms with Crippen molar-refractivity contribution < 1.29 is 14.4 Å². The SMILES string of the molecule is O=C(O)CC1(Cc2ncno2)CCCC1. The predicted molar refractivity (Wildman–Crippen MR) is 51.2 cm³/mol. The summed E-state index contributed by atoms with van der Waals surface area (Å²) in [7, 11) is 0. The average Bonchev–Trinajstić information content (AvgIpc) is 2.76. The molecule has 0 bridgehead atoms. The highest BCUT2D eigenvalue weighted by Gasteiger charge is 2.37. The lowest BCUT2D eigenvalue weighted by Crippen LogP contribution is -2.23. The van der Waals surface area contributed by atoms with E-state index in [9.17, 15) is 4.79 Å². The molecule has 5 nitrogen and oxygen atoms in total. The van der Waals surface area contributed by atoms with E-state index < -0.39 is 5.97 Å². The fourth-order valence-electron chi connectivity index (χ4n) is 2.46. The number of carboxylic acid groups (broad SMARTS) is 1. The number of aliphatic carboxylic acids is 1. The van der Waals surface area contributed by atoms with Crippen molar-refractivity contribution in [2.24, 2.45) is 5.41 Å². The van der Waals surface area contributed by atoms with Gasteiger partial charge in [0, 0.05) is 6.42 Å². The second-order valence-electron chi connectivity index (χ2n) is 4.29. The normalized spacial score (nSPS) is 19.2. The van der Waals surface area contributed by atoms with Crippen molar-refractivity contribution >= 4 is 5.97 Å². The van der Waals surface area contributed by atoms with E-state index in [1.54, 1.807) is 0 Å². The predicted octanol–water partition coefficient (Wildman–Crippen LogP) is 1.65. The second kappa shape index (κ2) is 4.00. The van der Waals surface area contributed by atoms with Crippen molar-refractivity contribution in [3.05, 3.63) is 12.2 Å². The fourth-order valence-corrected chi connectivity index (χ4v) is 2.46. The zero-order valence-electron chi connectivity index (χ0n) is 8.48. The van der Waals surface area contributed by atoms with Crippen LogP contribution in [-0.4, -0.2) is 21.2 Å². The molecule has 0 atom stereocenters. The summed E-state index contributed by atoms with van der Waals surface area (Å²) in [6.45, 7) is 0. The first-order chi connectivity index (χ1) is 7.20. The zero-order chi connectivity index (χ0) is 10.7. The molecule has 82 valence electrons. The smallest absolute Gasteiger partial charge is 0.303 e. The van der Waals surface area contributed by atoms with Crippen molar-refractivity contribution in [2.75, 3.05) is 0 Å². The van der Waals surface area contributed by atoms with Crippen LogP contribution in [0.1, 0.15) is 38.0 Å². The maximum atomic E-state index is 10.8. The first-order valence-corrected chi connectivity index (χ1v) is 5.18. The van der Waals surface area contributed by atoms with Crippen LogP contribution >= 0.6 is 0 Å². The lowest BCUT2D eigenvalue weighted by atomic mass is 9.79. The third kappa shape index (κ3) is 2.34. The summed E-state index contributed by atoms with van der Waals surface area (Å²) in [5.41, 5.74) is -0.154. The van der Waals surface area contributed by atoms with Crippen LogP contribution in [0.5, 0.6) is 0 Å². The molecule has 0 spiro atoms. The van der Waals surface area contributed by atoms with Gasteiger partial charge in [-0.05, 0) is 18.3 Å². The Morgan fingerprint density at radius 2 is 2.27 bits per heavy atom. The number of carbonyl (C=O) groups is 1. The van der Waals surface area contributed by atoms with E-state index in [4.69, 9.17) is 9.63 Å². The van der Waals surface area contributed by atoms with Gasteiger partial charge in [0.25, 0.3) is 0 Å². The van der Waals surface area contributed by atoms with E-state index in [0.717, 1.165) is 25.7 Å². The topological polar surface area (TPSA) is 76.2 Å². The monoisotopic (exact) mass is 210 g/mol. The zero-order valence-corrected chi connectivity index (χ0v) is 8.48. The first-order valence-electron chi connectivity index (χ1n) is 5.18. The Hall–Kier alpha value is -1.39. The molecule has 15 heavy (non-hydrogen) atoms. The number of rotatable bonds is 4. The van der Waals surface area contributed by atoms with Crippen molar-refractivity contribution in [1.82, 2.24) is 10.1 Å². The van der Waals surface area contributed by atoms with E-state index >= 15 is 0 Å². The standard InChI is InChI=1S/C10H14N2O3/c13-9(14)6-10(3-1-2-4-10)5-8-11-7-12-15-8/h7H,1-6H2,(H,13,14). The van der Waals surface area contributed by atoms with Crippen LogP contribution in [0, 0.1) is 5.41 Å². The molecule has 0 aliphatic heterocycles. The molecular formula is C10H14N2O3. The molecule has 1 fully saturated rings. The van der Waals surface area contributed by atoms with Crippen molar-refractivity contribution in [2.45, 2.75) is 38.5 Å². The van der Waals surface area contributed by atoms with Gasteiger partial charge in [-0.3, -0.25) is 4.79 Å².